The molecular weight excluding hydrogens is 330 g/mol. The van der Waals surface area contributed by atoms with Crippen molar-refractivity contribution in [1.29, 1.82) is 0 Å². The minimum atomic E-state index is 0.450. The van der Waals surface area contributed by atoms with E-state index in [-0.39, 0.29) is 0 Å². The number of benzene rings is 1. The Kier molecular flexibility index (Phi) is 3.94. The average Bonchev–Trinajstić information content (AvgIpc) is 3.07. The van der Waals surface area contributed by atoms with Crippen LogP contribution in [0.5, 0.6) is 11.5 Å². The summed E-state index contributed by atoms with van der Waals surface area (Å²) in [4.78, 5) is 2.26. The van der Waals surface area contributed by atoms with Crippen LogP contribution >= 0.6 is 0 Å². The van der Waals surface area contributed by atoms with Crippen molar-refractivity contribution in [3.8, 4) is 11.5 Å². The van der Waals surface area contributed by atoms with Gasteiger partial charge in [0.25, 0.3) is 0 Å². The van der Waals surface area contributed by atoms with Crippen molar-refractivity contribution in [2.45, 2.75) is 26.2 Å². The maximum atomic E-state index is 5.46. The van der Waals surface area contributed by atoms with Gasteiger partial charge in [-0.25, -0.2) is 0 Å². The van der Waals surface area contributed by atoms with E-state index >= 15 is 0 Å². The molecule has 1 aliphatic rings. The van der Waals surface area contributed by atoms with E-state index < -0.39 is 0 Å². The van der Waals surface area contributed by atoms with Crippen LogP contribution in [0, 0.1) is 13.8 Å². The maximum Gasteiger partial charge on any atom is 0.201 e. The van der Waals surface area contributed by atoms with Crippen LogP contribution in [0.3, 0.4) is 0 Å². The number of methoxy groups -OCH3 is 2. The van der Waals surface area contributed by atoms with E-state index in [2.05, 4.69) is 46.3 Å². The Labute approximate surface area is 152 Å². The molecular formula is C19H23N5O2. The Morgan fingerprint density at radius 1 is 1.19 bits per heavy atom. The van der Waals surface area contributed by atoms with Gasteiger partial charge in [-0.3, -0.25) is 0 Å². The number of anilines is 1. The molecule has 0 spiro atoms. The first kappa shape index (κ1) is 16.6. The lowest BCUT2D eigenvalue weighted by Crippen LogP contribution is -2.32. The maximum absolute atomic E-state index is 5.46. The van der Waals surface area contributed by atoms with Gasteiger partial charge >= 0.3 is 0 Å². The first-order valence-electron chi connectivity index (χ1n) is 8.66. The third-order valence-corrected chi connectivity index (χ3v) is 5.33. The van der Waals surface area contributed by atoms with Crippen LogP contribution in [0.4, 0.5) is 5.69 Å². The Morgan fingerprint density at radius 2 is 1.92 bits per heavy atom. The largest absolute Gasteiger partial charge is 0.493 e. The Bertz CT molecular complexity index is 982. The van der Waals surface area contributed by atoms with Crippen molar-refractivity contribution in [3.05, 3.63) is 40.8 Å². The van der Waals surface area contributed by atoms with Crippen molar-refractivity contribution in [2.75, 3.05) is 32.7 Å². The van der Waals surface area contributed by atoms with Gasteiger partial charge in [0, 0.05) is 19.5 Å². The number of hydrogen-bond acceptors (Lipinski definition) is 6. The summed E-state index contributed by atoms with van der Waals surface area (Å²) in [6.45, 7) is 5.00. The van der Waals surface area contributed by atoms with Crippen molar-refractivity contribution in [1.82, 2.24) is 19.8 Å². The molecule has 0 radical (unpaired) electrons. The molecule has 1 aliphatic carbocycles. The highest BCUT2D eigenvalue weighted by molar-refractivity contribution is 5.72. The summed E-state index contributed by atoms with van der Waals surface area (Å²) >= 11 is 0. The van der Waals surface area contributed by atoms with Crippen molar-refractivity contribution < 1.29 is 9.47 Å². The van der Waals surface area contributed by atoms with Gasteiger partial charge in [-0.15, -0.1) is 10.2 Å². The van der Waals surface area contributed by atoms with Crippen LogP contribution in [-0.4, -0.2) is 47.6 Å². The van der Waals surface area contributed by atoms with Gasteiger partial charge in [-0.2, -0.15) is 9.61 Å². The standard InChI is InChI=1S/C19H23N5O2/c1-11-12(2)22-24-10-20-21-19(24)18(11)23(3)9-14-6-13-7-16(25-4)17(26-5)8-15(13)14/h7-8,10,14H,6,9H2,1-5H3/t14-/m1/s1. The fraction of sp³-hybridized carbons (Fsp3) is 0.421. The number of nitrogens with zero attached hydrogens (tertiary/aromatic N) is 5. The number of likely N-dealkylation sites (N-methyl/N-ethyl adjacent to an activating group) is 1. The molecule has 7 heteroatoms. The van der Waals surface area contributed by atoms with E-state index in [9.17, 15) is 0 Å². The zero-order valence-electron chi connectivity index (χ0n) is 15.8. The predicted octanol–water partition coefficient (Wildman–Crippen LogP) is 2.53. The number of aryl methyl sites for hydroxylation is 1. The summed E-state index contributed by atoms with van der Waals surface area (Å²) in [5, 5.41) is 12.8. The summed E-state index contributed by atoms with van der Waals surface area (Å²) in [5.41, 5.74) is 6.66. The molecule has 0 aliphatic heterocycles. The lowest BCUT2D eigenvalue weighted by molar-refractivity contribution is 0.352. The zero-order chi connectivity index (χ0) is 18.4. The molecule has 0 fully saturated rings. The Morgan fingerprint density at radius 3 is 2.65 bits per heavy atom. The van der Waals surface area contributed by atoms with Gasteiger partial charge in [0.15, 0.2) is 11.5 Å². The molecule has 0 unspecified atom stereocenters. The lowest BCUT2D eigenvalue weighted by atomic mass is 9.77. The van der Waals surface area contributed by atoms with E-state index in [0.29, 0.717) is 5.92 Å². The van der Waals surface area contributed by atoms with Crippen LogP contribution in [0.25, 0.3) is 5.65 Å². The SMILES string of the molecule is COc1cc2c(cc1OC)[C@@H](CN(C)c1c(C)c(C)nn3cnnc13)C2. The fourth-order valence-corrected chi connectivity index (χ4v) is 3.81. The Hall–Kier alpha value is -2.83. The minimum absolute atomic E-state index is 0.450. The molecule has 0 bridgehead atoms. The molecule has 4 rings (SSSR count). The highest BCUT2D eigenvalue weighted by Gasteiger charge is 2.30. The monoisotopic (exact) mass is 353 g/mol. The summed E-state index contributed by atoms with van der Waals surface area (Å²) < 4.78 is 12.6. The number of hydrogen-bond donors (Lipinski definition) is 0. The second-order valence-corrected chi connectivity index (χ2v) is 6.85. The molecule has 0 saturated carbocycles. The van der Waals surface area contributed by atoms with Gasteiger partial charge in [0.05, 0.1) is 25.6 Å². The molecule has 26 heavy (non-hydrogen) atoms. The molecule has 0 amide bonds. The second kappa shape index (κ2) is 6.16. The van der Waals surface area contributed by atoms with Gasteiger partial charge < -0.3 is 14.4 Å². The fourth-order valence-electron chi connectivity index (χ4n) is 3.81. The normalized spacial score (nSPS) is 15.5. The van der Waals surface area contributed by atoms with Crippen molar-refractivity contribution >= 4 is 11.3 Å². The zero-order valence-corrected chi connectivity index (χ0v) is 15.8. The van der Waals surface area contributed by atoms with E-state index in [4.69, 9.17) is 9.47 Å². The molecule has 1 atom stereocenters. The van der Waals surface area contributed by atoms with Crippen molar-refractivity contribution in [2.24, 2.45) is 0 Å². The molecule has 1 aromatic carbocycles. The van der Waals surface area contributed by atoms with E-state index in [1.54, 1.807) is 25.1 Å². The number of ether oxygens (including phenoxy) is 2. The Balaban J connectivity index is 1.64. The van der Waals surface area contributed by atoms with Gasteiger partial charge in [0.2, 0.25) is 5.65 Å². The molecule has 2 heterocycles. The highest BCUT2D eigenvalue weighted by atomic mass is 16.5. The van der Waals surface area contributed by atoms with Crippen LogP contribution < -0.4 is 14.4 Å². The molecule has 0 N–H and O–H groups in total. The minimum Gasteiger partial charge on any atom is -0.493 e. The average molecular weight is 353 g/mol. The highest BCUT2D eigenvalue weighted by Crippen LogP contribution is 2.43. The quantitative estimate of drug-likeness (QED) is 0.702. The molecule has 7 nitrogen and oxygen atoms in total. The van der Waals surface area contributed by atoms with Gasteiger partial charge in [-0.1, -0.05) is 0 Å². The van der Waals surface area contributed by atoms with Crippen LogP contribution in [0.1, 0.15) is 28.3 Å². The number of aromatic nitrogens is 4. The topological polar surface area (TPSA) is 64.8 Å². The third-order valence-electron chi connectivity index (χ3n) is 5.33. The second-order valence-electron chi connectivity index (χ2n) is 6.85. The lowest BCUT2D eigenvalue weighted by Gasteiger charge is -2.35. The number of rotatable bonds is 5. The van der Waals surface area contributed by atoms with Gasteiger partial charge in [0.1, 0.15) is 6.33 Å². The van der Waals surface area contributed by atoms with Crippen molar-refractivity contribution in [3.63, 3.8) is 0 Å². The van der Waals surface area contributed by atoms with Crippen LogP contribution in [-0.2, 0) is 6.42 Å². The van der Waals surface area contributed by atoms with E-state index in [1.807, 2.05) is 6.92 Å². The summed E-state index contributed by atoms with van der Waals surface area (Å²) in [6, 6.07) is 4.19. The third kappa shape index (κ3) is 2.46. The smallest absolute Gasteiger partial charge is 0.201 e. The molecule has 0 saturated heterocycles. The van der Waals surface area contributed by atoms with Crippen LogP contribution in [0.15, 0.2) is 18.5 Å². The molecule has 3 aromatic rings. The summed E-state index contributed by atoms with van der Waals surface area (Å²) in [7, 11) is 5.46. The predicted molar refractivity (Wildman–Crippen MR) is 99.5 cm³/mol. The first-order chi connectivity index (χ1) is 12.5. The molecule has 136 valence electrons. The number of fused-ring (bicyclic) bond motifs is 2. The first-order valence-corrected chi connectivity index (χ1v) is 8.66. The van der Waals surface area contributed by atoms with E-state index in [1.165, 1.54) is 11.1 Å². The summed E-state index contributed by atoms with van der Waals surface area (Å²) in [5.74, 6) is 2.03. The van der Waals surface area contributed by atoms with E-state index in [0.717, 1.165) is 47.1 Å². The summed E-state index contributed by atoms with van der Waals surface area (Å²) in [6.07, 6.45) is 2.68. The van der Waals surface area contributed by atoms with Crippen LogP contribution in [0.2, 0.25) is 0 Å². The van der Waals surface area contributed by atoms with Gasteiger partial charge in [-0.05, 0) is 49.1 Å². The molecule has 2 aromatic heterocycles.